The Morgan fingerprint density at radius 2 is 1.97 bits per heavy atom. The zero-order valence-corrected chi connectivity index (χ0v) is 18.8. The molecule has 0 saturated carbocycles. The molecule has 174 valence electrons. The van der Waals surface area contributed by atoms with E-state index >= 15 is 0 Å². The molecule has 6 atom stereocenters. The molecule has 3 amide bonds. The number of fused-ring (bicyclic) bond motifs is 2. The molecule has 1 spiro atoms. The van der Waals surface area contributed by atoms with Gasteiger partial charge in [-0.25, -0.2) is 0 Å². The third-order valence-corrected chi connectivity index (χ3v) is 7.63. The van der Waals surface area contributed by atoms with Crippen LogP contribution in [0.3, 0.4) is 0 Å². The highest BCUT2D eigenvalue weighted by Gasteiger charge is 2.74. The molecule has 8 nitrogen and oxygen atoms in total. The number of anilines is 1. The molecular weight excluding hydrogens is 422 g/mol. The van der Waals surface area contributed by atoms with Crippen LogP contribution in [-0.2, 0) is 19.1 Å². The Bertz CT molecular complexity index is 1120. The summed E-state index contributed by atoms with van der Waals surface area (Å²) in [4.78, 5) is 41.6. The average Bonchev–Trinajstić information content (AvgIpc) is 3.47. The third-order valence-electron chi connectivity index (χ3n) is 7.63. The van der Waals surface area contributed by atoms with Crippen molar-refractivity contribution in [3.63, 3.8) is 0 Å². The minimum absolute atomic E-state index is 0.243. The van der Waals surface area contributed by atoms with E-state index < -0.39 is 29.5 Å². The van der Waals surface area contributed by atoms with Gasteiger partial charge in [-0.05, 0) is 42.2 Å². The van der Waals surface area contributed by atoms with Gasteiger partial charge in [-0.2, -0.15) is 0 Å². The molecule has 2 unspecified atom stereocenters. The molecule has 3 saturated heterocycles. The molecule has 3 N–H and O–H groups in total. The average molecular weight is 452 g/mol. The molecule has 0 aromatic heterocycles. The largest absolute Gasteiger partial charge is 0.394 e. The number of aliphatic hydroxyl groups is 1. The van der Waals surface area contributed by atoms with E-state index in [4.69, 9.17) is 4.74 Å². The number of rotatable bonds is 6. The van der Waals surface area contributed by atoms with E-state index in [-0.39, 0.29) is 30.4 Å². The topological polar surface area (TPSA) is 108 Å². The molecule has 0 radical (unpaired) electrons. The number of likely N-dealkylation sites (tertiary alicyclic amines) is 1. The third kappa shape index (κ3) is 3.15. The molecule has 3 fully saturated rings. The first-order chi connectivity index (χ1) is 15.9. The zero-order valence-electron chi connectivity index (χ0n) is 18.8. The minimum Gasteiger partial charge on any atom is -0.394 e. The van der Waals surface area contributed by atoms with Crippen molar-refractivity contribution in [2.75, 3.05) is 19.0 Å². The molecule has 0 aliphatic carbocycles. The van der Waals surface area contributed by atoms with Gasteiger partial charge in [0.2, 0.25) is 17.7 Å². The van der Waals surface area contributed by atoms with E-state index in [2.05, 4.69) is 10.6 Å². The summed E-state index contributed by atoms with van der Waals surface area (Å²) in [5.41, 5.74) is -0.444. The van der Waals surface area contributed by atoms with Crippen molar-refractivity contribution in [3.05, 3.63) is 42.5 Å². The van der Waals surface area contributed by atoms with Crippen molar-refractivity contribution < 1.29 is 24.2 Å². The van der Waals surface area contributed by atoms with Crippen LogP contribution in [0, 0.1) is 11.8 Å². The van der Waals surface area contributed by atoms with Gasteiger partial charge in [0.15, 0.2) is 0 Å². The van der Waals surface area contributed by atoms with Gasteiger partial charge in [0.25, 0.3) is 0 Å². The Kier molecular flexibility index (Phi) is 5.37. The van der Waals surface area contributed by atoms with Gasteiger partial charge in [-0.3, -0.25) is 14.4 Å². The fourth-order valence-corrected chi connectivity index (χ4v) is 6.14. The van der Waals surface area contributed by atoms with E-state index in [0.29, 0.717) is 24.9 Å². The van der Waals surface area contributed by atoms with Crippen LogP contribution < -0.4 is 10.6 Å². The maximum absolute atomic E-state index is 13.7. The maximum atomic E-state index is 13.7. The molecular formula is C25H29N3O5. The molecule has 3 heterocycles. The van der Waals surface area contributed by atoms with Crippen LogP contribution in [0.2, 0.25) is 0 Å². The van der Waals surface area contributed by atoms with Crippen LogP contribution in [0.5, 0.6) is 0 Å². The molecule has 2 aromatic rings. The van der Waals surface area contributed by atoms with Crippen LogP contribution in [0.1, 0.15) is 26.2 Å². The first kappa shape index (κ1) is 21.9. The zero-order chi connectivity index (χ0) is 23.3. The molecule has 2 aromatic carbocycles. The summed E-state index contributed by atoms with van der Waals surface area (Å²) in [5, 5.41) is 17.7. The summed E-state index contributed by atoms with van der Waals surface area (Å²) in [7, 11) is 1.55. The van der Waals surface area contributed by atoms with Crippen molar-refractivity contribution in [2.24, 2.45) is 11.8 Å². The Hall–Kier alpha value is -2.97. The van der Waals surface area contributed by atoms with E-state index in [1.54, 1.807) is 7.05 Å². The number of aliphatic hydroxyl groups excluding tert-OH is 1. The maximum Gasteiger partial charge on any atom is 0.250 e. The van der Waals surface area contributed by atoms with E-state index in [0.717, 1.165) is 10.8 Å². The Labute approximate surface area is 192 Å². The fourth-order valence-electron chi connectivity index (χ4n) is 6.14. The highest BCUT2D eigenvalue weighted by molar-refractivity contribution is 6.04. The SMILES string of the molecule is CC[C@@H](CO)N1C(=O)[C@@H]2[C@H](C(=O)NC)[C@@H]3CCC2(O3)C1C(=O)Nc1ccc2ccccc2c1. The summed E-state index contributed by atoms with van der Waals surface area (Å²) < 4.78 is 6.34. The van der Waals surface area contributed by atoms with E-state index in [9.17, 15) is 19.5 Å². The summed E-state index contributed by atoms with van der Waals surface area (Å²) in [6.07, 6.45) is 1.24. The fraction of sp³-hybridized carbons (Fsp3) is 0.480. The van der Waals surface area contributed by atoms with Crippen LogP contribution >= 0.6 is 0 Å². The van der Waals surface area contributed by atoms with Crippen LogP contribution in [0.4, 0.5) is 5.69 Å². The number of nitrogens with zero attached hydrogens (tertiary/aromatic N) is 1. The standard InChI is InChI=1S/C25H29N3O5/c1-3-17(13-29)28-21(23(31)27-16-9-8-14-6-4-5-7-15(14)12-16)25-11-10-18(33-25)19(22(30)26-2)20(25)24(28)32/h4-9,12,17-21,29H,3,10-11,13H2,1-2H3,(H,26,30)(H,27,31)/t17-,18-,19+,20-,21?,25?/m0/s1. The number of carbonyl (C=O) groups excluding carboxylic acids is 3. The van der Waals surface area contributed by atoms with Crippen molar-refractivity contribution >= 4 is 34.2 Å². The first-order valence-corrected chi connectivity index (χ1v) is 11.6. The monoisotopic (exact) mass is 451 g/mol. The quantitative estimate of drug-likeness (QED) is 0.619. The summed E-state index contributed by atoms with van der Waals surface area (Å²) >= 11 is 0. The van der Waals surface area contributed by atoms with Crippen molar-refractivity contribution in [1.82, 2.24) is 10.2 Å². The highest BCUT2D eigenvalue weighted by Crippen LogP contribution is 2.58. The predicted octanol–water partition coefficient (Wildman–Crippen LogP) is 1.67. The van der Waals surface area contributed by atoms with Gasteiger partial charge < -0.3 is 25.4 Å². The lowest BCUT2D eigenvalue weighted by Crippen LogP contribution is -2.56. The minimum atomic E-state index is -1.07. The summed E-state index contributed by atoms with van der Waals surface area (Å²) in [6.45, 7) is 1.60. The summed E-state index contributed by atoms with van der Waals surface area (Å²) in [5.74, 6) is -2.25. The van der Waals surface area contributed by atoms with E-state index in [1.807, 2.05) is 49.4 Å². The van der Waals surface area contributed by atoms with Crippen molar-refractivity contribution in [1.29, 1.82) is 0 Å². The van der Waals surface area contributed by atoms with Crippen LogP contribution in [0.25, 0.3) is 10.8 Å². The second kappa shape index (κ2) is 8.11. The number of nitrogens with one attached hydrogen (secondary N) is 2. The lowest BCUT2D eigenvalue weighted by molar-refractivity contribution is -0.144. The lowest BCUT2D eigenvalue weighted by atomic mass is 9.70. The van der Waals surface area contributed by atoms with Gasteiger partial charge in [0.1, 0.15) is 11.6 Å². The Morgan fingerprint density at radius 3 is 2.67 bits per heavy atom. The first-order valence-electron chi connectivity index (χ1n) is 11.6. The van der Waals surface area contributed by atoms with Gasteiger partial charge in [0.05, 0.1) is 30.6 Å². The van der Waals surface area contributed by atoms with Crippen LogP contribution in [0.15, 0.2) is 42.5 Å². The predicted molar refractivity (Wildman–Crippen MR) is 122 cm³/mol. The lowest BCUT2D eigenvalue weighted by Gasteiger charge is -2.36. The molecule has 33 heavy (non-hydrogen) atoms. The molecule has 2 bridgehead atoms. The molecule has 3 aliphatic heterocycles. The molecule has 5 rings (SSSR count). The Balaban J connectivity index is 1.53. The van der Waals surface area contributed by atoms with Gasteiger partial charge in [-0.1, -0.05) is 37.3 Å². The smallest absolute Gasteiger partial charge is 0.250 e. The van der Waals surface area contributed by atoms with Crippen LogP contribution in [-0.4, -0.2) is 65.2 Å². The van der Waals surface area contributed by atoms with Gasteiger partial charge in [-0.15, -0.1) is 0 Å². The second-order valence-corrected chi connectivity index (χ2v) is 9.21. The molecule has 8 heteroatoms. The number of amides is 3. The Morgan fingerprint density at radius 1 is 1.21 bits per heavy atom. The number of benzene rings is 2. The number of carbonyl (C=O) groups is 3. The van der Waals surface area contributed by atoms with E-state index in [1.165, 1.54) is 4.90 Å². The van der Waals surface area contributed by atoms with Crippen molar-refractivity contribution in [2.45, 2.75) is 50.0 Å². The highest BCUT2D eigenvalue weighted by atomic mass is 16.5. The van der Waals surface area contributed by atoms with Crippen molar-refractivity contribution in [3.8, 4) is 0 Å². The normalized spacial score (nSPS) is 31.0. The van der Waals surface area contributed by atoms with Gasteiger partial charge in [0, 0.05) is 12.7 Å². The number of ether oxygens (including phenoxy) is 1. The molecule has 3 aliphatic rings. The second-order valence-electron chi connectivity index (χ2n) is 9.21. The number of hydrogen-bond acceptors (Lipinski definition) is 5. The summed E-state index contributed by atoms with van der Waals surface area (Å²) in [6, 6.07) is 12.1. The van der Waals surface area contributed by atoms with Gasteiger partial charge >= 0.3 is 0 Å². The number of hydrogen-bond donors (Lipinski definition) is 3.